The number of carbonyl (C=O) groups is 1. The maximum absolute atomic E-state index is 10.9. The third-order valence-corrected chi connectivity index (χ3v) is 2.89. The molecule has 0 saturated carbocycles. The Balaban J connectivity index is 2.39. The molecule has 0 atom stereocenters. The molecule has 0 heterocycles. The minimum atomic E-state index is -1.09. The average molecular weight is 218 g/mol. The smallest absolute Gasteiger partial charge is 0.339 e. The van der Waals surface area contributed by atoms with E-state index in [9.17, 15) is 9.90 Å². The summed E-state index contributed by atoms with van der Waals surface area (Å²) in [5.41, 5.74) is 2.08. The topological polar surface area (TPSA) is 57.5 Å². The van der Waals surface area contributed by atoms with Crippen LogP contribution in [0.15, 0.2) is 24.3 Å². The van der Waals surface area contributed by atoms with Crippen molar-refractivity contribution in [2.45, 2.75) is 25.7 Å². The van der Waals surface area contributed by atoms with Gasteiger partial charge < -0.3 is 10.2 Å². The predicted molar refractivity (Wildman–Crippen MR) is 61.5 cm³/mol. The molecule has 1 aromatic rings. The summed E-state index contributed by atoms with van der Waals surface area (Å²) in [5, 5.41) is 18.3. The van der Waals surface area contributed by atoms with Crippen LogP contribution in [0.25, 0.3) is 5.57 Å². The number of aromatic carboxylic acids is 1. The third-order valence-electron chi connectivity index (χ3n) is 2.89. The maximum atomic E-state index is 10.9. The van der Waals surface area contributed by atoms with Crippen molar-refractivity contribution >= 4 is 11.5 Å². The molecule has 0 saturated heterocycles. The van der Waals surface area contributed by atoms with Crippen LogP contribution in [0.2, 0.25) is 0 Å². The van der Waals surface area contributed by atoms with Crippen molar-refractivity contribution < 1.29 is 15.0 Å². The number of hydrogen-bond donors (Lipinski definition) is 2. The molecule has 3 heteroatoms. The van der Waals surface area contributed by atoms with Crippen molar-refractivity contribution in [2.24, 2.45) is 0 Å². The van der Waals surface area contributed by atoms with Gasteiger partial charge in [0.15, 0.2) is 0 Å². The van der Waals surface area contributed by atoms with Crippen LogP contribution >= 0.6 is 0 Å². The van der Waals surface area contributed by atoms with Crippen LogP contribution in [0.1, 0.15) is 41.6 Å². The fourth-order valence-electron chi connectivity index (χ4n) is 2.01. The molecule has 0 unspecified atom stereocenters. The van der Waals surface area contributed by atoms with E-state index in [0.29, 0.717) is 0 Å². The first-order valence-electron chi connectivity index (χ1n) is 5.44. The van der Waals surface area contributed by atoms with E-state index in [1.807, 2.05) is 0 Å². The second kappa shape index (κ2) is 4.39. The zero-order chi connectivity index (χ0) is 11.5. The minimum Gasteiger partial charge on any atom is -0.507 e. The third kappa shape index (κ3) is 2.08. The second-order valence-corrected chi connectivity index (χ2v) is 4.01. The fourth-order valence-corrected chi connectivity index (χ4v) is 2.01. The molecule has 1 aliphatic rings. The Morgan fingerprint density at radius 3 is 2.69 bits per heavy atom. The standard InChI is InChI=1S/C13H14O3/c14-12-7-6-10(8-11(12)13(15)16)9-4-2-1-3-5-9/h4,6-8,14H,1-3,5H2,(H,15,16). The molecule has 0 spiro atoms. The van der Waals surface area contributed by atoms with Gasteiger partial charge in [-0.05, 0) is 49.0 Å². The number of carboxylic acid groups (broad SMARTS) is 1. The Hall–Kier alpha value is -1.77. The lowest BCUT2D eigenvalue weighted by Crippen LogP contribution is -1.99. The van der Waals surface area contributed by atoms with E-state index in [1.165, 1.54) is 18.1 Å². The van der Waals surface area contributed by atoms with Gasteiger partial charge in [-0.25, -0.2) is 4.79 Å². The van der Waals surface area contributed by atoms with Crippen molar-refractivity contribution in [1.29, 1.82) is 0 Å². The minimum absolute atomic E-state index is 0.0241. The SMILES string of the molecule is O=C(O)c1cc(C2=CCCCC2)ccc1O. The summed E-state index contributed by atoms with van der Waals surface area (Å²) in [6.07, 6.45) is 6.55. The molecule has 16 heavy (non-hydrogen) atoms. The van der Waals surface area contributed by atoms with E-state index in [-0.39, 0.29) is 11.3 Å². The van der Waals surface area contributed by atoms with Gasteiger partial charge in [-0.3, -0.25) is 0 Å². The fraction of sp³-hybridized carbons (Fsp3) is 0.308. The molecule has 0 amide bonds. The summed E-state index contributed by atoms with van der Waals surface area (Å²) in [5.74, 6) is -1.26. The first-order valence-corrected chi connectivity index (χ1v) is 5.44. The molecule has 84 valence electrons. The van der Waals surface area contributed by atoms with Crippen molar-refractivity contribution in [3.8, 4) is 5.75 Å². The molecule has 1 aliphatic carbocycles. The van der Waals surface area contributed by atoms with Crippen molar-refractivity contribution in [3.63, 3.8) is 0 Å². The van der Waals surface area contributed by atoms with E-state index in [2.05, 4.69) is 6.08 Å². The van der Waals surface area contributed by atoms with E-state index in [0.717, 1.165) is 24.8 Å². The highest BCUT2D eigenvalue weighted by Crippen LogP contribution is 2.29. The summed E-state index contributed by atoms with van der Waals surface area (Å²) in [6, 6.07) is 4.78. The molecule has 0 fully saturated rings. The van der Waals surface area contributed by atoms with Gasteiger partial charge in [0.05, 0.1) is 0 Å². The summed E-state index contributed by atoms with van der Waals surface area (Å²) in [4.78, 5) is 10.9. The van der Waals surface area contributed by atoms with Crippen LogP contribution in [-0.4, -0.2) is 16.2 Å². The number of carboxylic acids is 1. The highest BCUT2D eigenvalue weighted by Gasteiger charge is 2.13. The molecule has 0 radical (unpaired) electrons. The van der Waals surface area contributed by atoms with Gasteiger partial charge in [-0.2, -0.15) is 0 Å². The average Bonchev–Trinajstić information content (AvgIpc) is 2.30. The molecule has 2 rings (SSSR count). The monoisotopic (exact) mass is 218 g/mol. The van der Waals surface area contributed by atoms with Crippen LogP contribution in [0.5, 0.6) is 5.75 Å². The lowest BCUT2D eigenvalue weighted by atomic mass is 9.92. The highest BCUT2D eigenvalue weighted by atomic mass is 16.4. The van der Waals surface area contributed by atoms with Crippen LogP contribution in [0.4, 0.5) is 0 Å². The van der Waals surface area contributed by atoms with E-state index in [1.54, 1.807) is 12.1 Å². The quantitative estimate of drug-likeness (QED) is 0.802. The van der Waals surface area contributed by atoms with Gasteiger partial charge >= 0.3 is 5.97 Å². The van der Waals surface area contributed by atoms with Crippen LogP contribution in [0.3, 0.4) is 0 Å². The van der Waals surface area contributed by atoms with Gasteiger partial charge in [-0.15, -0.1) is 0 Å². The predicted octanol–water partition coefficient (Wildman–Crippen LogP) is 3.05. The van der Waals surface area contributed by atoms with E-state index < -0.39 is 5.97 Å². The van der Waals surface area contributed by atoms with Crippen molar-refractivity contribution in [2.75, 3.05) is 0 Å². The largest absolute Gasteiger partial charge is 0.507 e. The zero-order valence-corrected chi connectivity index (χ0v) is 8.94. The number of hydrogen-bond acceptors (Lipinski definition) is 2. The Bertz CT molecular complexity index is 446. The van der Waals surface area contributed by atoms with Crippen LogP contribution in [0, 0.1) is 0 Å². The molecule has 0 aliphatic heterocycles. The number of allylic oxidation sites excluding steroid dienone is 2. The Kier molecular flexibility index (Phi) is 2.95. The number of phenols is 1. The lowest BCUT2D eigenvalue weighted by molar-refractivity contribution is 0.0693. The first kappa shape index (κ1) is 10.7. The van der Waals surface area contributed by atoms with Crippen molar-refractivity contribution in [1.82, 2.24) is 0 Å². The van der Waals surface area contributed by atoms with E-state index in [4.69, 9.17) is 5.11 Å². The van der Waals surface area contributed by atoms with Gasteiger partial charge in [0.25, 0.3) is 0 Å². The van der Waals surface area contributed by atoms with Crippen LogP contribution < -0.4 is 0 Å². The molecule has 2 N–H and O–H groups in total. The first-order chi connectivity index (χ1) is 7.68. The Morgan fingerprint density at radius 1 is 1.25 bits per heavy atom. The molecule has 0 bridgehead atoms. The summed E-state index contributed by atoms with van der Waals surface area (Å²) < 4.78 is 0. The summed E-state index contributed by atoms with van der Waals surface area (Å²) in [7, 11) is 0. The molecular formula is C13H14O3. The number of rotatable bonds is 2. The van der Waals surface area contributed by atoms with Crippen LogP contribution in [-0.2, 0) is 0 Å². The normalized spacial score (nSPS) is 15.6. The number of benzene rings is 1. The summed E-state index contributed by atoms with van der Waals surface area (Å²) in [6.45, 7) is 0. The lowest BCUT2D eigenvalue weighted by Gasteiger charge is -2.13. The van der Waals surface area contributed by atoms with Gasteiger partial charge in [-0.1, -0.05) is 12.1 Å². The number of aromatic hydroxyl groups is 1. The molecule has 1 aromatic carbocycles. The summed E-state index contributed by atoms with van der Waals surface area (Å²) >= 11 is 0. The second-order valence-electron chi connectivity index (χ2n) is 4.01. The molecule has 0 aromatic heterocycles. The highest BCUT2D eigenvalue weighted by molar-refractivity contribution is 5.92. The molecular weight excluding hydrogens is 204 g/mol. The Labute approximate surface area is 94.0 Å². The zero-order valence-electron chi connectivity index (χ0n) is 8.94. The maximum Gasteiger partial charge on any atom is 0.339 e. The van der Waals surface area contributed by atoms with Gasteiger partial charge in [0.1, 0.15) is 11.3 Å². The van der Waals surface area contributed by atoms with Gasteiger partial charge in [0, 0.05) is 0 Å². The Morgan fingerprint density at radius 2 is 2.06 bits per heavy atom. The van der Waals surface area contributed by atoms with E-state index >= 15 is 0 Å². The van der Waals surface area contributed by atoms with Crippen molar-refractivity contribution in [3.05, 3.63) is 35.4 Å². The molecule has 3 nitrogen and oxygen atoms in total. The van der Waals surface area contributed by atoms with Gasteiger partial charge in [0.2, 0.25) is 0 Å².